The summed E-state index contributed by atoms with van der Waals surface area (Å²) in [6.45, 7) is 7.60. The summed E-state index contributed by atoms with van der Waals surface area (Å²) in [7, 11) is 0. The summed E-state index contributed by atoms with van der Waals surface area (Å²) in [5.74, 6) is -1.68. The van der Waals surface area contributed by atoms with Crippen LogP contribution >= 0.6 is 0 Å². The highest BCUT2D eigenvalue weighted by Crippen LogP contribution is 2.36. The van der Waals surface area contributed by atoms with Crippen molar-refractivity contribution in [3.05, 3.63) is 29.8 Å². The average molecular weight is 519 g/mol. The quantitative estimate of drug-likeness (QED) is 0.294. The Labute approximate surface area is 219 Å². The van der Waals surface area contributed by atoms with E-state index in [0.29, 0.717) is 24.9 Å². The predicted octanol–water partition coefficient (Wildman–Crippen LogP) is 3.28. The van der Waals surface area contributed by atoms with E-state index in [0.717, 1.165) is 25.7 Å². The fourth-order valence-corrected chi connectivity index (χ4v) is 4.18. The highest BCUT2D eigenvalue weighted by molar-refractivity contribution is 5.93. The van der Waals surface area contributed by atoms with Crippen LogP contribution in [0.5, 0.6) is 5.75 Å². The zero-order valence-electron chi connectivity index (χ0n) is 22.4. The number of ether oxygens (including phenoxy) is 1. The summed E-state index contributed by atoms with van der Waals surface area (Å²) in [5.41, 5.74) is 4.83. The Balaban J connectivity index is 2.44. The van der Waals surface area contributed by atoms with Crippen LogP contribution in [0.15, 0.2) is 24.3 Å². The number of phenols is 1. The van der Waals surface area contributed by atoms with Gasteiger partial charge in [0.15, 0.2) is 0 Å². The van der Waals surface area contributed by atoms with Gasteiger partial charge in [-0.1, -0.05) is 38.0 Å². The van der Waals surface area contributed by atoms with Crippen molar-refractivity contribution in [2.45, 2.75) is 103 Å². The molecule has 37 heavy (non-hydrogen) atoms. The minimum absolute atomic E-state index is 0.0533. The number of benzene rings is 1. The summed E-state index contributed by atoms with van der Waals surface area (Å²) in [5, 5.41) is 16.2. The Morgan fingerprint density at radius 2 is 1.84 bits per heavy atom. The van der Waals surface area contributed by atoms with Gasteiger partial charge in [0, 0.05) is 24.6 Å². The number of nitrogens with zero attached hydrogens (tertiary/aromatic N) is 1. The van der Waals surface area contributed by atoms with Crippen molar-refractivity contribution in [1.29, 1.82) is 0 Å². The lowest BCUT2D eigenvalue weighted by molar-refractivity contribution is -0.147. The third kappa shape index (κ3) is 9.26. The van der Waals surface area contributed by atoms with Crippen molar-refractivity contribution in [3.63, 3.8) is 0 Å². The van der Waals surface area contributed by atoms with E-state index in [4.69, 9.17) is 10.5 Å². The van der Waals surface area contributed by atoms with Crippen molar-refractivity contribution < 1.29 is 29.0 Å². The molecule has 1 saturated carbocycles. The van der Waals surface area contributed by atoms with Gasteiger partial charge in [-0.2, -0.15) is 0 Å². The predicted molar refractivity (Wildman–Crippen MR) is 139 cm³/mol. The van der Waals surface area contributed by atoms with Gasteiger partial charge in [0.25, 0.3) is 0 Å². The Hall–Kier alpha value is -3.30. The third-order valence-electron chi connectivity index (χ3n) is 6.23. The molecule has 0 spiro atoms. The molecule has 10 heteroatoms. The lowest BCUT2D eigenvalue weighted by Crippen LogP contribution is -2.57. The number of amides is 4. The van der Waals surface area contributed by atoms with Gasteiger partial charge in [0.1, 0.15) is 23.4 Å². The largest absolute Gasteiger partial charge is 0.508 e. The van der Waals surface area contributed by atoms with Crippen molar-refractivity contribution >= 4 is 23.8 Å². The molecule has 1 aliphatic rings. The minimum atomic E-state index is -1.15. The zero-order chi connectivity index (χ0) is 27.6. The molecule has 0 bridgehead atoms. The van der Waals surface area contributed by atoms with Crippen molar-refractivity contribution in [2.24, 2.45) is 5.73 Å². The van der Waals surface area contributed by atoms with Crippen LogP contribution in [0, 0.1) is 0 Å². The van der Waals surface area contributed by atoms with E-state index in [1.165, 1.54) is 11.0 Å². The number of phenolic OH excluding ortho intramolecular Hbond substituents is 1. The molecule has 0 aliphatic heterocycles. The summed E-state index contributed by atoms with van der Waals surface area (Å²) in [4.78, 5) is 53.2. The number of hydrogen-bond acceptors (Lipinski definition) is 6. The van der Waals surface area contributed by atoms with E-state index in [2.05, 4.69) is 17.6 Å². The Bertz CT molecular complexity index is 941. The number of hydrogen-bond donors (Lipinski definition) is 4. The SMILES string of the molecule is CCCCCNC(=O)C(c1ccccc1O)N(C(=O)C(CCC(N)=O)NC(=O)OC(C)(C)C)C1CCC1. The standard InChI is InChI=1S/C27H42N4O6/c1-5-6-9-17-29-24(34)23(19-13-7-8-14-21(19)32)31(18-11-10-12-18)25(35)20(15-16-22(28)33)30-26(36)37-27(2,3)4/h7-8,13-14,18,20,23,32H,5-6,9-12,15-17H2,1-4H3,(H2,28,33)(H,29,34)(H,30,36). The lowest BCUT2D eigenvalue weighted by Gasteiger charge is -2.43. The second-order valence-electron chi connectivity index (χ2n) is 10.5. The molecule has 0 radical (unpaired) electrons. The molecule has 0 aromatic heterocycles. The van der Waals surface area contributed by atoms with Gasteiger partial charge in [0.05, 0.1) is 0 Å². The van der Waals surface area contributed by atoms with Gasteiger partial charge >= 0.3 is 6.09 Å². The van der Waals surface area contributed by atoms with Gasteiger partial charge in [-0.3, -0.25) is 14.4 Å². The monoisotopic (exact) mass is 518 g/mol. The van der Waals surface area contributed by atoms with Crippen LogP contribution < -0.4 is 16.4 Å². The molecule has 2 rings (SSSR count). The molecule has 1 aromatic carbocycles. The molecule has 1 aliphatic carbocycles. The first-order valence-electron chi connectivity index (χ1n) is 13.1. The van der Waals surface area contributed by atoms with Gasteiger partial charge < -0.3 is 31.1 Å². The highest BCUT2D eigenvalue weighted by atomic mass is 16.6. The summed E-state index contributed by atoms with van der Waals surface area (Å²) in [6, 6.07) is 3.89. The zero-order valence-corrected chi connectivity index (χ0v) is 22.4. The number of nitrogens with one attached hydrogen (secondary N) is 2. The molecular weight excluding hydrogens is 476 g/mol. The van der Waals surface area contributed by atoms with Crippen LogP contribution in [0.2, 0.25) is 0 Å². The number of para-hydroxylation sites is 1. The first kappa shape index (κ1) is 29.9. The number of rotatable bonds is 13. The molecule has 2 unspecified atom stereocenters. The summed E-state index contributed by atoms with van der Waals surface area (Å²) < 4.78 is 5.34. The second-order valence-corrected chi connectivity index (χ2v) is 10.5. The number of nitrogens with two attached hydrogens (primary N) is 1. The molecule has 1 aromatic rings. The van der Waals surface area contributed by atoms with Crippen molar-refractivity contribution in [2.75, 3.05) is 6.54 Å². The maximum Gasteiger partial charge on any atom is 0.408 e. The molecule has 1 fully saturated rings. The van der Waals surface area contributed by atoms with Crippen LogP contribution in [-0.2, 0) is 19.1 Å². The first-order chi connectivity index (χ1) is 17.4. The number of alkyl carbamates (subject to hydrolysis) is 1. The Morgan fingerprint density at radius 3 is 2.38 bits per heavy atom. The van der Waals surface area contributed by atoms with Gasteiger partial charge in [-0.05, 0) is 58.9 Å². The van der Waals surface area contributed by atoms with Crippen molar-refractivity contribution in [3.8, 4) is 5.75 Å². The maximum atomic E-state index is 14.0. The topological polar surface area (TPSA) is 151 Å². The lowest BCUT2D eigenvalue weighted by atomic mass is 9.87. The Morgan fingerprint density at radius 1 is 1.16 bits per heavy atom. The maximum absolute atomic E-state index is 14.0. The number of carbonyl (C=O) groups excluding carboxylic acids is 4. The summed E-state index contributed by atoms with van der Waals surface area (Å²) in [6.07, 6.45) is 3.94. The van der Waals surface area contributed by atoms with Crippen LogP contribution in [0.4, 0.5) is 4.79 Å². The first-order valence-corrected chi connectivity index (χ1v) is 13.1. The number of primary amides is 1. The molecule has 4 amide bonds. The van der Waals surface area contributed by atoms with Crippen LogP contribution in [0.25, 0.3) is 0 Å². The van der Waals surface area contributed by atoms with Crippen LogP contribution in [0.3, 0.4) is 0 Å². The van der Waals surface area contributed by atoms with Gasteiger partial charge in [-0.25, -0.2) is 4.79 Å². The highest BCUT2D eigenvalue weighted by Gasteiger charge is 2.42. The molecule has 0 saturated heterocycles. The van der Waals surface area contributed by atoms with E-state index < -0.39 is 41.5 Å². The molecule has 5 N–H and O–H groups in total. The minimum Gasteiger partial charge on any atom is -0.508 e. The van der Waals surface area contributed by atoms with Gasteiger partial charge in [-0.15, -0.1) is 0 Å². The van der Waals surface area contributed by atoms with Crippen molar-refractivity contribution in [1.82, 2.24) is 15.5 Å². The third-order valence-corrected chi connectivity index (χ3v) is 6.23. The smallest absolute Gasteiger partial charge is 0.408 e. The van der Waals surface area contributed by atoms with Crippen LogP contribution in [0.1, 0.15) is 90.7 Å². The number of carbonyl (C=O) groups is 4. The fourth-order valence-electron chi connectivity index (χ4n) is 4.18. The fraction of sp³-hybridized carbons (Fsp3) is 0.630. The molecule has 2 atom stereocenters. The van der Waals surface area contributed by atoms with E-state index in [-0.39, 0.29) is 24.6 Å². The van der Waals surface area contributed by atoms with Crippen LogP contribution in [-0.4, -0.2) is 58.1 Å². The molecule has 10 nitrogen and oxygen atoms in total. The average Bonchev–Trinajstić information content (AvgIpc) is 2.77. The number of unbranched alkanes of at least 4 members (excludes halogenated alkanes) is 2. The van der Waals surface area contributed by atoms with Gasteiger partial charge in [0.2, 0.25) is 17.7 Å². The molecule has 206 valence electrons. The molecular formula is C27H42N4O6. The second kappa shape index (κ2) is 13.9. The number of aromatic hydroxyl groups is 1. The normalized spacial score (nSPS) is 15.1. The molecule has 0 heterocycles. The van der Waals surface area contributed by atoms with E-state index >= 15 is 0 Å². The summed E-state index contributed by atoms with van der Waals surface area (Å²) >= 11 is 0. The van der Waals surface area contributed by atoms with E-state index in [1.807, 2.05) is 0 Å². The Kier molecular flexibility index (Phi) is 11.2. The van der Waals surface area contributed by atoms with E-state index in [1.54, 1.807) is 39.0 Å². The van der Waals surface area contributed by atoms with E-state index in [9.17, 15) is 24.3 Å².